The number of ketones is 1. The van der Waals surface area contributed by atoms with Crippen molar-refractivity contribution in [3.8, 4) is 0 Å². The maximum absolute atomic E-state index is 11.4. The van der Waals surface area contributed by atoms with Crippen LogP contribution < -0.4 is 0 Å². The molecule has 1 rings (SSSR count). The molecule has 0 amide bonds. The van der Waals surface area contributed by atoms with Gasteiger partial charge in [0.15, 0.2) is 5.78 Å². The molecular weight excluding hydrogens is 327 g/mol. The molecule has 2 atom stereocenters. The Morgan fingerprint density at radius 3 is 2.43 bits per heavy atom. The molecule has 0 radical (unpaired) electrons. The second kappa shape index (κ2) is 9.89. The number of hydrogen-bond acceptors (Lipinski definition) is 6. The number of ether oxygens (including phenoxy) is 1. The Hall–Kier alpha value is -1.12. The lowest BCUT2D eigenvalue weighted by Gasteiger charge is -2.16. The molecule has 23 heavy (non-hydrogen) atoms. The molecule has 0 fully saturated rings. The molecule has 0 heterocycles. The summed E-state index contributed by atoms with van der Waals surface area (Å²) in [5, 5.41) is 19.2. The van der Waals surface area contributed by atoms with Crippen molar-refractivity contribution in [2.24, 2.45) is 0 Å². The van der Waals surface area contributed by atoms with Crippen LogP contribution in [0.4, 0.5) is 0 Å². The van der Waals surface area contributed by atoms with Gasteiger partial charge in [0.25, 0.3) is 0 Å². The highest BCUT2D eigenvalue weighted by Crippen LogP contribution is 2.35. The summed E-state index contributed by atoms with van der Waals surface area (Å²) in [6.45, 7) is -0.201. The Morgan fingerprint density at radius 2 is 1.83 bits per heavy atom. The quantitative estimate of drug-likeness (QED) is 0.333. The van der Waals surface area contributed by atoms with Gasteiger partial charge < -0.3 is 24.7 Å². The molecular formula is C14H21O8P. The largest absolute Gasteiger partial charge is 0.470 e. The number of rotatable bonds is 11. The number of Topliss-reactive ketones (excluding diaryl/α,β-unsaturated/α-hetero) is 1. The van der Waals surface area contributed by atoms with Gasteiger partial charge in [0.2, 0.25) is 0 Å². The average Bonchev–Trinajstić information content (AvgIpc) is 2.51. The normalized spacial score (nSPS) is 14.4. The number of carbonyl (C=O) groups excluding carboxylic acids is 1. The van der Waals surface area contributed by atoms with Crippen LogP contribution in [0.3, 0.4) is 0 Å². The molecule has 2 unspecified atom stereocenters. The number of benzene rings is 1. The van der Waals surface area contributed by atoms with E-state index in [0.29, 0.717) is 19.6 Å². The van der Waals surface area contributed by atoms with Crippen molar-refractivity contribution in [1.82, 2.24) is 0 Å². The van der Waals surface area contributed by atoms with Gasteiger partial charge in [0.05, 0.1) is 12.7 Å². The van der Waals surface area contributed by atoms with Crippen LogP contribution in [0, 0.1) is 0 Å². The van der Waals surface area contributed by atoms with Crippen molar-refractivity contribution in [3.05, 3.63) is 35.9 Å². The fourth-order valence-electron chi connectivity index (χ4n) is 1.76. The van der Waals surface area contributed by atoms with Gasteiger partial charge in [-0.05, 0) is 18.4 Å². The second-order valence-corrected chi connectivity index (χ2v) is 6.16. The van der Waals surface area contributed by atoms with E-state index in [1.165, 1.54) is 0 Å². The fraction of sp³-hybridized carbons (Fsp3) is 0.500. The number of aliphatic hydroxyl groups is 2. The molecule has 1 aromatic rings. The van der Waals surface area contributed by atoms with E-state index in [1.807, 2.05) is 30.3 Å². The minimum absolute atomic E-state index is 0.109. The van der Waals surface area contributed by atoms with Crippen LogP contribution in [0.2, 0.25) is 0 Å². The predicted molar refractivity (Wildman–Crippen MR) is 80.3 cm³/mol. The van der Waals surface area contributed by atoms with Crippen molar-refractivity contribution in [3.63, 3.8) is 0 Å². The zero-order chi connectivity index (χ0) is 17.3. The minimum atomic E-state index is -4.78. The molecule has 0 saturated heterocycles. The van der Waals surface area contributed by atoms with Crippen LogP contribution in [-0.2, 0) is 25.2 Å². The summed E-state index contributed by atoms with van der Waals surface area (Å²) >= 11 is 0. The number of carbonyl (C=O) groups is 1. The van der Waals surface area contributed by atoms with E-state index in [2.05, 4.69) is 4.52 Å². The number of phosphoric acid groups is 1. The van der Waals surface area contributed by atoms with Crippen LogP contribution in [-0.4, -0.2) is 51.2 Å². The van der Waals surface area contributed by atoms with Gasteiger partial charge in [-0.3, -0.25) is 9.32 Å². The summed E-state index contributed by atoms with van der Waals surface area (Å²) in [5.41, 5.74) is 1.01. The van der Waals surface area contributed by atoms with Gasteiger partial charge in [0.1, 0.15) is 12.7 Å². The summed E-state index contributed by atoms with van der Waals surface area (Å²) in [7, 11) is -4.78. The van der Waals surface area contributed by atoms with Crippen molar-refractivity contribution >= 4 is 13.6 Å². The van der Waals surface area contributed by atoms with Gasteiger partial charge in [-0.2, -0.15) is 0 Å². The summed E-state index contributed by atoms with van der Waals surface area (Å²) in [6.07, 6.45) is -2.58. The first-order chi connectivity index (χ1) is 10.8. The number of hydrogen-bond donors (Lipinski definition) is 4. The Bertz CT molecular complexity index is 515. The minimum Gasteiger partial charge on any atom is -0.390 e. The smallest absolute Gasteiger partial charge is 0.390 e. The molecule has 1 aromatic carbocycles. The Balaban J connectivity index is 2.18. The first-order valence-corrected chi connectivity index (χ1v) is 8.53. The molecule has 0 bridgehead atoms. The van der Waals surface area contributed by atoms with Crippen LogP contribution in [0.25, 0.3) is 0 Å². The summed E-state index contributed by atoms with van der Waals surface area (Å²) in [4.78, 5) is 28.3. The predicted octanol–water partition coefficient (Wildman–Crippen LogP) is 0.384. The third-order valence-electron chi connectivity index (χ3n) is 2.97. The van der Waals surface area contributed by atoms with Gasteiger partial charge in [-0.15, -0.1) is 0 Å². The maximum atomic E-state index is 11.4. The zero-order valence-electron chi connectivity index (χ0n) is 12.4. The molecule has 0 spiro atoms. The number of aliphatic hydroxyl groups excluding tert-OH is 2. The van der Waals surface area contributed by atoms with Crippen LogP contribution >= 0.6 is 7.82 Å². The highest BCUT2D eigenvalue weighted by atomic mass is 31.2. The van der Waals surface area contributed by atoms with Gasteiger partial charge in [0, 0.05) is 6.61 Å². The van der Waals surface area contributed by atoms with Crippen LogP contribution in [0.1, 0.15) is 18.4 Å². The van der Waals surface area contributed by atoms with Crippen molar-refractivity contribution in [1.29, 1.82) is 0 Å². The first kappa shape index (κ1) is 19.9. The van der Waals surface area contributed by atoms with E-state index in [1.54, 1.807) is 0 Å². The third kappa shape index (κ3) is 8.92. The lowest BCUT2D eigenvalue weighted by Crippen LogP contribution is -2.36. The van der Waals surface area contributed by atoms with E-state index < -0.39 is 32.4 Å². The topological polar surface area (TPSA) is 134 Å². The highest BCUT2D eigenvalue weighted by Gasteiger charge is 2.26. The Morgan fingerprint density at radius 1 is 1.17 bits per heavy atom. The molecule has 8 nitrogen and oxygen atoms in total. The van der Waals surface area contributed by atoms with Gasteiger partial charge >= 0.3 is 7.82 Å². The van der Waals surface area contributed by atoms with Crippen molar-refractivity contribution in [2.75, 3.05) is 13.2 Å². The molecule has 130 valence electrons. The van der Waals surface area contributed by atoms with Gasteiger partial charge in [-0.25, -0.2) is 4.57 Å². The molecule has 0 aliphatic heterocycles. The van der Waals surface area contributed by atoms with Gasteiger partial charge in [-0.1, -0.05) is 30.3 Å². The summed E-state index contributed by atoms with van der Waals surface area (Å²) < 4.78 is 19.8. The average molecular weight is 348 g/mol. The van der Waals surface area contributed by atoms with E-state index in [-0.39, 0.29) is 6.42 Å². The van der Waals surface area contributed by atoms with Crippen LogP contribution in [0.15, 0.2) is 30.3 Å². The van der Waals surface area contributed by atoms with Crippen molar-refractivity contribution < 1.29 is 38.6 Å². The molecule has 0 aromatic heterocycles. The van der Waals surface area contributed by atoms with E-state index in [0.717, 1.165) is 5.56 Å². The van der Waals surface area contributed by atoms with Crippen molar-refractivity contribution in [2.45, 2.75) is 31.7 Å². The summed E-state index contributed by atoms with van der Waals surface area (Å²) in [5.74, 6) is -0.994. The summed E-state index contributed by atoms with van der Waals surface area (Å²) in [6, 6.07) is 9.51. The molecule has 0 aliphatic rings. The molecule has 4 N–H and O–H groups in total. The fourth-order valence-corrected chi connectivity index (χ4v) is 2.06. The second-order valence-electron chi connectivity index (χ2n) is 4.92. The molecule has 0 saturated carbocycles. The SMILES string of the molecule is O=C(COP(=O)(O)O)C(O)C(O)CCCOCc1ccccc1. The zero-order valence-corrected chi connectivity index (χ0v) is 13.3. The highest BCUT2D eigenvalue weighted by molar-refractivity contribution is 7.46. The molecule has 9 heteroatoms. The van der Waals surface area contributed by atoms with E-state index >= 15 is 0 Å². The molecule has 0 aliphatic carbocycles. The standard InChI is InChI=1S/C14H21O8P/c15-12(14(17)13(16)10-22-23(18,19)20)7-4-8-21-9-11-5-2-1-3-6-11/h1-3,5-6,12,14-15,17H,4,7-10H2,(H2,18,19,20). The number of phosphoric ester groups is 1. The Labute approximate surface area is 133 Å². The lowest BCUT2D eigenvalue weighted by molar-refractivity contribution is -0.135. The monoisotopic (exact) mass is 348 g/mol. The van der Waals surface area contributed by atoms with Crippen LogP contribution in [0.5, 0.6) is 0 Å². The van der Waals surface area contributed by atoms with E-state index in [4.69, 9.17) is 14.5 Å². The first-order valence-electron chi connectivity index (χ1n) is 7.00. The third-order valence-corrected chi connectivity index (χ3v) is 3.43. The maximum Gasteiger partial charge on any atom is 0.470 e. The van der Waals surface area contributed by atoms with E-state index in [9.17, 15) is 19.6 Å². The Kier molecular flexibility index (Phi) is 8.57. The lowest BCUT2D eigenvalue weighted by atomic mass is 10.1.